The number of pyridine rings is 1. The highest BCUT2D eigenvalue weighted by atomic mass is 79.9. The highest BCUT2D eigenvalue weighted by Gasteiger charge is 2.03. The fourth-order valence-corrected chi connectivity index (χ4v) is 1.88. The Morgan fingerprint density at radius 2 is 2.16 bits per heavy atom. The minimum Gasteiger partial charge on any atom is -0.489 e. The van der Waals surface area contributed by atoms with Crippen LogP contribution in [0.15, 0.2) is 47.1 Å². The minimum atomic E-state index is -0.362. The molecule has 0 aliphatic carbocycles. The molecule has 5 heteroatoms. The van der Waals surface area contributed by atoms with Crippen LogP contribution in [0.3, 0.4) is 0 Å². The Balaban J connectivity index is 1.69. The lowest BCUT2D eigenvalue weighted by molar-refractivity contribution is 0.298. The number of ether oxygens (including phenoxy) is 1. The SMILES string of the molecule is Fc1cc(Br)ccc1OCCNCc1ccccn1. The number of hydrogen-bond donors (Lipinski definition) is 1. The molecule has 0 radical (unpaired) electrons. The molecule has 1 aromatic carbocycles. The summed E-state index contributed by atoms with van der Waals surface area (Å²) < 4.78 is 19.5. The fraction of sp³-hybridized carbons (Fsp3) is 0.214. The molecule has 0 amide bonds. The summed E-state index contributed by atoms with van der Waals surface area (Å²) in [5.41, 5.74) is 0.970. The molecule has 2 rings (SSSR count). The number of rotatable bonds is 6. The second-order valence-corrected chi connectivity index (χ2v) is 4.84. The minimum absolute atomic E-state index is 0.267. The van der Waals surface area contributed by atoms with Crippen LogP contribution in [0.1, 0.15) is 5.69 Å². The lowest BCUT2D eigenvalue weighted by Crippen LogP contribution is -2.21. The first-order valence-corrected chi connectivity index (χ1v) is 6.73. The maximum Gasteiger partial charge on any atom is 0.166 e. The third-order valence-corrected chi connectivity index (χ3v) is 2.96. The van der Waals surface area contributed by atoms with Crippen molar-refractivity contribution in [3.05, 3.63) is 58.6 Å². The molecule has 2 aromatic rings. The van der Waals surface area contributed by atoms with E-state index in [0.717, 1.165) is 5.69 Å². The Labute approximate surface area is 119 Å². The molecule has 3 nitrogen and oxygen atoms in total. The van der Waals surface area contributed by atoms with Crippen molar-refractivity contribution in [1.82, 2.24) is 10.3 Å². The molecular weight excluding hydrogens is 311 g/mol. The Kier molecular flexibility index (Phi) is 5.30. The summed E-state index contributed by atoms with van der Waals surface area (Å²) in [7, 11) is 0. The molecule has 0 saturated heterocycles. The monoisotopic (exact) mass is 324 g/mol. The molecule has 0 fully saturated rings. The smallest absolute Gasteiger partial charge is 0.166 e. The van der Waals surface area contributed by atoms with Gasteiger partial charge in [-0.2, -0.15) is 0 Å². The van der Waals surface area contributed by atoms with Crippen LogP contribution in [0.4, 0.5) is 4.39 Å². The highest BCUT2D eigenvalue weighted by molar-refractivity contribution is 9.10. The van der Waals surface area contributed by atoms with Gasteiger partial charge < -0.3 is 10.1 Å². The molecule has 0 aliphatic rings. The average Bonchev–Trinajstić information content (AvgIpc) is 2.42. The summed E-state index contributed by atoms with van der Waals surface area (Å²) in [6.45, 7) is 1.71. The molecule has 100 valence electrons. The summed E-state index contributed by atoms with van der Waals surface area (Å²) in [5, 5.41) is 3.18. The number of aromatic nitrogens is 1. The van der Waals surface area contributed by atoms with Gasteiger partial charge >= 0.3 is 0 Å². The van der Waals surface area contributed by atoms with Gasteiger partial charge in [0.05, 0.1) is 5.69 Å². The highest BCUT2D eigenvalue weighted by Crippen LogP contribution is 2.21. The van der Waals surface area contributed by atoms with Crippen molar-refractivity contribution in [2.45, 2.75) is 6.54 Å². The van der Waals surface area contributed by atoms with Crippen molar-refractivity contribution in [3.8, 4) is 5.75 Å². The number of benzene rings is 1. The van der Waals surface area contributed by atoms with E-state index in [1.807, 2.05) is 18.2 Å². The van der Waals surface area contributed by atoms with Crippen molar-refractivity contribution in [1.29, 1.82) is 0 Å². The van der Waals surface area contributed by atoms with Gasteiger partial charge in [0.1, 0.15) is 6.61 Å². The van der Waals surface area contributed by atoms with Crippen molar-refractivity contribution in [2.24, 2.45) is 0 Å². The molecule has 0 spiro atoms. The van der Waals surface area contributed by atoms with Crippen LogP contribution in [0.2, 0.25) is 0 Å². The number of halogens is 2. The van der Waals surface area contributed by atoms with E-state index in [0.29, 0.717) is 24.2 Å². The Bertz CT molecular complexity index is 522. The third-order valence-electron chi connectivity index (χ3n) is 2.46. The molecule has 1 N–H and O–H groups in total. The predicted molar refractivity (Wildman–Crippen MR) is 75.5 cm³/mol. The van der Waals surface area contributed by atoms with Gasteiger partial charge in [0, 0.05) is 23.8 Å². The van der Waals surface area contributed by atoms with Gasteiger partial charge in [0.15, 0.2) is 11.6 Å². The quantitative estimate of drug-likeness (QED) is 0.829. The third kappa shape index (κ3) is 4.61. The van der Waals surface area contributed by atoms with Crippen molar-refractivity contribution in [3.63, 3.8) is 0 Å². The van der Waals surface area contributed by atoms with Crippen LogP contribution in [-0.4, -0.2) is 18.1 Å². The molecule has 0 saturated carbocycles. The van der Waals surface area contributed by atoms with Crippen molar-refractivity contribution in [2.75, 3.05) is 13.2 Å². The number of nitrogens with one attached hydrogen (secondary N) is 1. The average molecular weight is 325 g/mol. The predicted octanol–water partition coefficient (Wildman–Crippen LogP) is 3.15. The molecule has 0 unspecified atom stereocenters. The van der Waals surface area contributed by atoms with E-state index in [9.17, 15) is 4.39 Å². The molecule has 19 heavy (non-hydrogen) atoms. The summed E-state index contributed by atoms with van der Waals surface area (Å²) in [5.74, 6) is -0.0954. The topological polar surface area (TPSA) is 34.1 Å². The van der Waals surface area contributed by atoms with Gasteiger partial charge in [-0.25, -0.2) is 4.39 Å². The second kappa shape index (κ2) is 7.21. The standard InChI is InChI=1S/C14H14BrFN2O/c15-11-4-5-14(13(16)9-11)19-8-7-17-10-12-3-1-2-6-18-12/h1-6,9,17H,7-8,10H2. The van der Waals surface area contributed by atoms with E-state index in [2.05, 4.69) is 26.2 Å². The molecule has 0 bridgehead atoms. The van der Waals surface area contributed by atoms with E-state index < -0.39 is 0 Å². The maximum absolute atomic E-state index is 13.4. The molecule has 1 aromatic heterocycles. The Morgan fingerprint density at radius 1 is 1.26 bits per heavy atom. The number of nitrogens with zero attached hydrogens (tertiary/aromatic N) is 1. The molecule has 0 atom stereocenters. The van der Waals surface area contributed by atoms with Crippen LogP contribution >= 0.6 is 15.9 Å². The zero-order chi connectivity index (χ0) is 13.5. The van der Waals surface area contributed by atoms with E-state index in [1.54, 1.807) is 18.3 Å². The van der Waals surface area contributed by atoms with E-state index in [4.69, 9.17) is 4.74 Å². The zero-order valence-electron chi connectivity index (χ0n) is 10.3. The first-order valence-electron chi connectivity index (χ1n) is 5.94. The molecule has 1 heterocycles. The van der Waals surface area contributed by atoms with Crippen LogP contribution in [0, 0.1) is 5.82 Å². The van der Waals surface area contributed by atoms with E-state index in [1.165, 1.54) is 6.07 Å². The Hall–Kier alpha value is -1.46. The van der Waals surface area contributed by atoms with Gasteiger partial charge in [-0.15, -0.1) is 0 Å². The zero-order valence-corrected chi connectivity index (χ0v) is 11.9. The molecule has 0 aliphatic heterocycles. The first kappa shape index (κ1) is 14.0. The number of hydrogen-bond acceptors (Lipinski definition) is 3. The van der Waals surface area contributed by atoms with Gasteiger partial charge in [0.25, 0.3) is 0 Å². The van der Waals surface area contributed by atoms with Crippen LogP contribution in [-0.2, 0) is 6.54 Å². The maximum atomic E-state index is 13.4. The first-order chi connectivity index (χ1) is 9.25. The fourth-order valence-electron chi connectivity index (χ4n) is 1.54. The van der Waals surface area contributed by atoms with Gasteiger partial charge in [-0.05, 0) is 30.3 Å². The second-order valence-electron chi connectivity index (χ2n) is 3.92. The van der Waals surface area contributed by atoms with Crippen LogP contribution in [0.25, 0.3) is 0 Å². The van der Waals surface area contributed by atoms with Crippen molar-refractivity contribution >= 4 is 15.9 Å². The van der Waals surface area contributed by atoms with Gasteiger partial charge in [-0.1, -0.05) is 22.0 Å². The summed E-state index contributed by atoms with van der Waals surface area (Å²) >= 11 is 3.20. The van der Waals surface area contributed by atoms with Gasteiger partial charge in [0.2, 0.25) is 0 Å². The lowest BCUT2D eigenvalue weighted by Gasteiger charge is -2.08. The normalized spacial score (nSPS) is 10.4. The van der Waals surface area contributed by atoms with Gasteiger partial charge in [-0.3, -0.25) is 4.98 Å². The lowest BCUT2D eigenvalue weighted by atomic mass is 10.3. The summed E-state index contributed by atoms with van der Waals surface area (Å²) in [6.07, 6.45) is 1.75. The van der Waals surface area contributed by atoms with Crippen LogP contribution < -0.4 is 10.1 Å². The van der Waals surface area contributed by atoms with E-state index in [-0.39, 0.29) is 11.6 Å². The van der Waals surface area contributed by atoms with Crippen molar-refractivity contribution < 1.29 is 9.13 Å². The van der Waals surface area contributed by atoms with Crippen LogP contribution in [0.5, 0.6) is 5.75 Å². The van der Waals surface area contributed by atoms with E-state index >= 15 is 0 Å². The molecular formula is C14H14BrFN2O. The Morgan fingerprint density at radius 3 is 2.89 bits per heavy atom. The summed E-state index contributed by atoms with van der Waals surface area (Å²) in [4.78, 5) is 4.19. The largest absolute Gasteiger partial charge is 0.489 e. The summed E-state index contributed by atoms with van der Waals surface area (Å²) in [6, 6.07) is 10.5.